The van der Waals surface area contributed by atoms with Gasteiger partial charge in [0.15, 0.2) is 11.5 Å². The van der Waals surface area contributed by atoms with Crippen molar-refractivity contribution in [3.05, 3.63) is 47.7 Å². The predicted octanol–water partition coefficient (Wildman–Crippen LogP) is 4.82. The summed E-state index contributed by atoms with van der Waals surface area (Å²) in [6.07, 6.45) is 18.2. The summed E-state index contributed by atoms with van der Waals surface area (Å²) in [5.41, 5.74) is 2.55. The molecule has 0 unspecified atom stereocenters. The van der Waals surface area contributed by atoms with Gasteiger partial charge in [-0.25, -0.2) is 4.79 Å². The number of aliphatic hydroxyl groups excluding tert-OH is 2. The maximum atomic E-state index is 12.9. The molecule has 2 heterocycles. The monoisotopic (exact) mass is 638 g/mol. The Bertz CT molecular complexity index is 1280. The Morgan fingerprint density at radius 1 is 1.09 bits per heavy atom. The number of amides is 1. The van der Waals surface area contributed by atoms with Crippen LogP contribution in [-0.2, 0) is 26.3 Å². The van der Waals surface area contributed by atoms with Crippen LogP contribution in [0.2, 0.25) is 0 Å². The van der Waals surface area contributed by atoms with Crippen LogP contribution in [0.15, 0.2) is 36.6 Å². The number of unbranched alkanes of at least 4 members (excludes halogenated alkanes) is 2. The van der Waals surface area contributed by atoms with Crippen molar-refractivity contribution in [1.82, 2.24) is 10.2 Å². The number of nitrogens with zero attached hydrogens (tertiary/aromatic N) is 1. The van der Waals surface area contributed by atoms with Crippen LogP contribution in [0.1, 0.15) is 88.2 Å². The van der Waals surface area contributed by atoms with Crippen molar-refractivity contribution in [3.63, 3.8) is 0 Å². The molecule has 10 nitrogen and oxygen atoms in total. The van der Waals surface area contributed by atoms with Crippen molar-refractivity contribution in [2.75, 3.05) is 20.2 Å². The molecule has 3 atom stereocenters. The van der Waals surface area contributed by atoms with Gasteiger partial charge in [0.25, 0.3) is 0 Å². The Hall–Kier alpha value is -3.37. The first kappa shape index (κ1) is 34.0. The highest BCUT2D eigenvalue weighted by molar-refractivity contribution is 5.79. The van der Waals surface area contributed by atoms with Crippen LogP contribution in [0.3, 0.4) is 0 Å². The average molecular weight is 639 g/mol. The number of aliphatic hydroxyl groups is 2. The second-order valence-corrected chi connectivity index (χ2v) is 14.2. The van der Waals surface area contributed by atoms with Crippen molar-refractivity contribution in [2.45, 2.75) is 107 Å². The summed E-state index contributed by atoms with van der Waals surface area (Å²) in [6, 6.07) is 4.24. The third-order valence-corrected chi connectivity index (χ3v) is 11.1. The number of carbonyl (C=O) groups is 3. The minimum atomic E-state index is -1.14. The molecule has 7 aliphatic rings. The van der Waals surface area contributed by atoms with Crippen LogP contribution < -0.4 is 14.8 Å². The number of rotatable bonds is 9. The number of carboxylic acids is 1. The number of ether oxygens (including phenoxy) is 2. The molecule has 4 bridgehead atoms. The first-order chi connectivity index (χ1) is 22.2. The zero-order chi connectivity index (χ0) is 32.9. The minimum absolute atomic E-state index is 0.0417. The molecule has 1 aromatic rings. The van der Waals surface area contributed by atoms with E-state index in [4.69, 9.17) is 24.5 Å². The third-order valence-electron chi connectivity index (χ3n) is 11.1. The number of nitrogens with one attached hydrogen (secondary N) is 1. The fraction of sp³-hybridized carbons (Fsp3) is 0.639. The molecular weight excluding hydrogens is 588 g/mol. The number of methoxy groups -OCH3 is 1. The number of aliphatic carboxylic acids is 1. The zero-order valence-electron chi connectivity index (χ0n) is 27.0. The van der Waals surface area contributed by atoms with Crippen molar-refractivity contribution >= 4 is 18.7 Å². The molecular formula is C36H50N2O8. The largest absolute Gasteiger partial charge is 0.515 e. The molecule has 8 rings (SSSR count). The van der Waals surface area contributed by atoms with E-state index in [2.05, 4.69) is 22.4 Å². The van der Waals surface area contributed by atoms with Crippen LogP contribution in [0, 0.1) is 17.8 Å². The SMILES string of the molecule is C=O.COc1ccc2c3c1O[C@H]1C[C@@H](O)C=C[C@@]31CCN(CCCCCC(=O)NC13CC4CC(CC(C4)C1)C3)C2.O=C(O)/C=C/O. The van der Waals surface area contributed by atoms with E-state index >= 15 is 0 Å². The molecule has 0 radical (unpaired) electrons. The van der Waals surface area contributed by atoms with Gasteiger partial charge in [-0.3, -0.25) is 9.69 Å². The van der Waals surface area contributed by atoms with Crippen molar-refractivity contribution in [2.24, 2.45) is 17.8 Å². The van der Waals surface area contributed by atoms with E-state index in [-0.39, 0.29) is 17.1 Å². The molecule has 1 aromatic carbocycles. The molecule has 1 amide bonds. The summed E-state index contributed by atoms with van der Waals surface area (Å²) in [4.78, 5) is 32.8. The molecule has 10 heteroatoms. The van der Waals surface area contributed by atoms with Crippen molar-refractivity contribution in [1.29, 1.82) is 0 Å². The molecule has 2 aliphatic heterocycles. The van der Waals surface area contributed by atoms with E-state index < -0.39 is 12.1 Å². The summed E-state index contributed by atoms with van der Waals surface area (Å²) in [7, 11) is 1.70. The standard InChI is InChI=1S/C32H44N2O4.C3H4O3.CH2O/c1-37-26-7-6-24-20-34(12-10-32-9-8-25(35)16-27(32)38-30(26)29(24)32)11-4-2-3-5-28(36)33-31-17-21-13-22(18-31)15-23(14-21)19-31;4-2-1-3(5)6;1-2/h6-9,21-23,25,27,35H,2-5,10-20H2,1H3,(H,33,36);1-2,4H,(H,5,6);1H2/b;2-1+;/t21?,22?,23?,25-,27-,31?,32-;;/m0../s1. The van der Waals surface area contributed by atoms with E-state index in [1.54, 1.807) is 7.11 Å². The number of hydrogen-bond acceptors (Lipinski definition) is 8. The molecule has 4 N–H and O–H groups in total. The van der Waals surface area contributed by atoms with E-state index in [9.17, 15) is 14.7 Å². The molecule has 0 aromatic heterocycles. The average Bonchev–Trinajstić information content (AvgIpc) is 3.25. The Balaban J connectivity index is 0.000000471. The Labute approximate surface area is 271 Å². The number of benzene rings is 1. The van der Waals surface area contributed by atoms with Gasteiger partial charge >= 0.3 is 5.97 Å². The highest BCUT2D eigenvalue weighted by atomic mass is 16.5. The first-order valence-corrected chi connectivity index (χ1v) is 16.8. The van der Waals surface area contributed by atoms with E-state index in [0.29, 0.717) is 31.1 Å². The van der Waals surface area contributed by atoms with E-state index in [0.717, 1.165) is 74.6 Å². The number of carbonyl (C=O) groups excluding carboxylic acids is 2. The van der Waals surface area contributed by atoms with Gasteiger partial charge < -0.3 is 34.9 Å². The molecule has 4 saturated carbocycles. The highest BCUT2D eigenvalue weighted by Gasteiger charge is 2.53. The molecule has 252 valence electrons. The van der Waals surface area contributed by atoms with Crippen LogP contribution in [0.25, 0.3) is 0 Å². The lowest BCUT2D eigenvalue weighted by molar-refractivity contribution is -0.131. The summed E-state index contributed by atoms with van der Waals surface area (Å²) < 4.78 is 12.1. The maximum absolute atomic E-state index is 12.9. The van der Waals surface area contributed by atoms with Crippen LogP contribution in [0.4, 0.5) is 0 Å². The normalized spacial score (nSPS) is 33.0. The van der Waals surface area contributed by atoms with E-state index in [1.165, 1.54) is 49.7 Å². The Morgan fingerprint density at radius 2 is 1.78 bits per heavy atom. The topological polar surface area (TPSA) is 146 Å². The van der Waals surface area contributed by atoms with Gasteiger partial charge in [-0.15, -0.1) is 0 Å². The summed E-state index contributed by atoms with van der Waals surface area (Å²) in [5.74, 6) is 3.42. The lowest BCUT2D eigenvalue weighted by atomic mass is 9.53. The molecule has 1 spiro atoms. The third kappa shape index (κ3) is 7.13. The van der Waals surface area contributed by atoms with Crippen LogP contribution in [-0.4, -0.2) is 76.8 Å². The van der Waals surface area contributed by atoms with Gasteiger partial charge in [0.05, 0.1) is 31.0 Å². The van der Waals surface area contributed by atoms with Gasteiger partial charge in [0.1, 0.15) is 12.9 Å². The second-order valence-electron chi connectivity index (χ2n) is 14.2. The molecule has 0 saturated heterocycles. The Morgan fingerprint density at radius 3 is 2.39 bits per heavy atom. The van der Waals surface area contributed by atoms with Gasteiger partial charge in [-0.05, 0) is 100 Å². The fourth-order valence-electron chi connectivity index (χ4n) is 9.67. The lowest BCUT2D eigenvalue weighted by Crippen LogP contribution is -2.59. The summed E-state index contributed by atoms with van der Waals surface area (Å²) in [6.45, 7) is 4.96. The minimum Gasteiger partial charge on any atom is -0.515 e. The van der Waals surface area contributed by atoms with Gasteiger partial charge in [-0.2, -0.15) is 0 Å². The van der Waals surface area contributed by atoms with Gasteiger partial charge in [-0.1, -0.05) is 24.6 Å². The zero-order valence-corrected chi connectivity index (χ0v) is 27.0. The first-order valence-electron chi connectivity index (χ1n) is 16.8. The Kier molecular flexibility index (Phi) is 10.8. The molecule has 4 fully saturated rings. The summed E-state index contributed by atoms with van der Waals surface area (Å²) >= 11 is 0. The lowest BCUT2D eigenvalue weighted by Gasteiger charge is -2.56. The smallest absolute Gasteiger partial charge is 0.331 e. The molecule has 5 aliphatic carbocycles. The van der Waals surface area contributed by atoms with Crippen LogP contribution in [0.5, 0.6) is 11.5 Å². The highest BCUT2D eigenvalue weighted by Crippen LogP contribution is 2.57. The second kappa shape index (κ2) is 14.6. The van der Waals surface area contributed by atoms with E-state index in [1.807, 2.05) is 18.9 Å². The maximum Gasteiger partial charge on any atom is 0.331 e. The van der Waals surface area contributed by atoms with Crippen molar-refractivity contribution < 1.29 is 39.2 Å². The predicted molar refractivity (Wildman–Crippen MR) is 173 cm³/mol. The number of carboxylic acid groups (broad SMARTS) is 1. The number of hydrogen-bond donors (Lipinski definition) is 4. The van der Waals surface area contributed by atoms with Gasteiger partial charge in [0.2, 0.25) is 5.91 Å². The van der Waals surface area contributed by atoms with Crippen LogP contribution >= 0.6 is 0 Å². The quantitative estimate of drug-likeness (QED) is 0.129. The van der Waals surface area contributed by atoms with Crippen molar-refractivity contribution in [3.8, 4) is 11.5 Å². The fourth-order valence-corrected chi connectivity index (χ4v) is 9.67. The molecule has 46 heavy (non-hydrogen) atoms. The summed E-state index contributed by atoms with van der Waals surface area (Å²) in [5, 5.41) is 29.2. The van der Waals surface area contributed by atoms with Gasteiger partial charge in [0, 0.05) is 30.5 Å².